The van der Waals surface area contributed by atoms with Gasteiger partial charge in [-0.05, 0) is 85.1 Å². The summed E-state index contributed by atoms with van der Waals surface area (Å²) < 4.78 is 2.67. The Morgan fingerprint density at radius 2 is 1.24 bits per heavy atom. The van der Waals surface area contributed by atoms with Gasteiger partial charge >= 0.3 is 0 Å². The first-order chi connectivity index (χ1) is 20.4. The van der Waals surface area contributed by atoms with Crippen LogP contribution >= 0.6 is 11.3 Å². The van der Waals surface area contributed by atoms with Crippen LogP contribution in [0, 0.1) is 11.8 Å². The average Bonchev–Trinajstić information content (AvgIpc) is 3.59. The quantitative estimate of drug-likeness (QED) is 0.152. The Bertz CT molecular complexity index is 2310. The first-order valence-electron chi connectivity index (χ1n) is 14.2. The summed E-state index contributed by atoms with van der Waals surface area (Å²) in [5.41, 5.74) is 10.4. The van der Waals surface area contributed by atoms with Gasteiger partial charge in [-0.15, -0.1) is 11.3 Å². The molecule has 1 heteroatoms. The molecule has 0 radical (unpaired) electrons. The summed E-state index contributed by atoms with van der Waals surface area (Å²) >= 11 is 1.88. The molecule has 0 atom stereocenters. The predicted octanol–water partition coefficient (Wildman–Crippen LogP) is 11.0. The molecule has 0 spiro atoms. The van der Waals surface area contributed by atoms with E-state index in [1.807, 2.05) is 11.3 Å². The third-order valence-electron chi connectivity index (χ3n) is 8.72. The zero-order chi connectivity index (χ0) is 26.9. The van der Waals surface area contributed by atoms with Crippen LogP contribution in [0.4, 0.5) is 0 Å². The lowest BCUT2D eigenvalue weighted by Crippen LogP contribution is -1.98. The molecule has 0 saturated heterocycles. The molecule has 1 heterocycles. The van der Waals surface area contributed by atoms with Gasteiger partial charge in [0.1, 0.15) is 0 Å². The van der Waals surface area contributed by atoms with Crippen LogP contribution in [-0.4, -0.2) is 0 Å². The molecule has 2 aliphatic rings. The number of thiophene rings is 1. The standard InChI is InChI=1S/C40H24S/c1-2-12-25-24-35(28-20-10-19-27(28)26(25)13-3-1)39-31-16-6-4-14-29(31)38(30-15-5-7-17-32(30)39)34-21-11-23-37-40(34)33-18-8-9-22-36(33)41-37/h2,4-12,14-18,20-24H,1,19H2. The van der Waals surface area contributed by atoms with E-state index in [-0.39, 0.29) is 0 Å². The first-order valence-corrected chi connectivity index (χ1v) is 15.0. The Morgan fingerprint density at radius 1 is 0.585 bits per heavy atom. The molecule has 6 aromatic carbocycles. The van der Waals surface area contributed by atoms with Gasteiger partial charge in [0, 0.05) is 32.2 Å². The van der Waals surface area contributed by atoms with Gasteiger partial charge in [-0.25, -0.2) is 0 Å². The zero-order valence-corrected chi connectivity index (χ0v) is 23.2. The fourth-order valence-corrected chi connectivity index (χ4v) is 8.17. The third kappa shape index (κ3) is 3.29. The smallest absolute Gasteiger partial charge is 0.0361 e. The van der Waals surface area contributed by atoms with E-state index in [1.54, 1.807) is 0 Å². The van der Waals surface area contributed by atoms with Gasteiger partial charge < -0.3 is 0 Å². The predicted molar refractivity (Wildman–Crippen MR) is 178 cm³/mol. The normalized spacial score (nSPS) is 13.5. The van der Waals surface area contributed by atoms with Crippen molar-refractivity contribution in [1.82, 2.24) is 0 Å². The number of benzene rings is 6. The lowest BCUT2D eigenvalue weighted by molar-refractivity contribution is 1.29. The van der Waals surface area contributed by atoms with Gasteiger partial charge in [0.15, 0.2) is 0 Å². The van der Waals surface area contributed by atoms with Crippen LogP contribution < -0.4 is 0 Å². The maximum Gasteiger partial charge on any atom is 0.0361 e. The molecule has 1 aromatic heterocycles. The fourth-order valence-electron chi connectivity index (χ4n) is 7.04. The molecule has 0 N–H and O–H groups in total. The van der Waals surface area contributed by atoms with Crippen LogP contribution in [-0.2, 0) is 6.42 Å². The Morgan fingerprint density at radius 3 is 2.00 bits per heavy atom. The van der Waals surface area contributed by atoms with Gasteiger partial charge in [0.25, 0.3) is 0 Å². The molecule has 2 aliphatic carbocycles. The lowest BCUT2D eigenvalue weighted by atomic mass is 9.82. The summed E-state index contributed by atoms with van der Waals surface area (Å²) in [4.78, 5) is 0. The van der Waals surface area contributed by atoms with Crippen molar-refractivity contribution in [2.75, 3.05) is 0 Å². The number of allylic oxidation sites excluding steroid dienone is 2. The Hall–Kier alpha value is -4.90. The molecular weight excluding hydrogens is 513 g/mol. The highest BCUT2D eigenvalue weighted by molar-refractivity contribution is 7.25. The van der Waals surface area contributed by atoms with E-state index in [1.165, 1.54) is 86.2 Å². The van der Waals surface area contributed by atoms with Gasteiger partial charge in [0.05, 0.1) is 0 Å². The number of hydrogen-bond acceptors (Lipinski definition) is 1. The van der Waals surface area contributed by atoms with Crippen molar-refractivity contribution >= 4 is 65.2 Å². The molecule has 41 heavy (non-hydrogen) atoms. The Kier molecular flexibility index (Phi) is 4.91. The maximum atomic E-state index is 3.49. The van der Waals surface area contributed by atoms with Gasteiger partial charge in [-0.2, -0.15) is 0 Å². The SMILES string of the molecule is C1#Cc2c(cc(-c3c4ccccc4c(-c4cccc5sc6ccccc6c45)c4ccccc34)c3c2CC=C3)C=CC1. The topological polar surface area (TPSA) is 0 Å². The average molecular weight is 537 g/mol. The van der Waals surface area contributed by atoms with Crippen LogP contribution in [0.3, 0.4) is 0 Å². The van der Waals surface area contributed by atoms with Gasteiger partial charge in [-0.3, -0.25) is 0 Å². The van der Waals surface area contributed by atoms with Gasteiger partial charge in [-0.1, -0.05) is 115 Å². The van der Waals surface area contributed by atoms with Crippen molar-refractivity contribution in [2.45, 2.75) is 12.8 Å². The minimum atomic E-state index is 0.801. The summed E-state index contributed by atoms with van der Waals surface area (Å²) in [5, 5.41) is 7.87. The highest BCUT2D eigenvalue weighted by Gasteiger charge is 2.24. The highest BCUT2D eigenvalue weighted by atomic mass is 32.1. The summed E-state index contributed by atoms with van der Waals surface area (Å²) in [6.45, 7) is 0. The zero-order valence-electron chi connectivity index (χ0n) is 22.4. The molecule has 0 fully saturated rings. The molecule has 0 unspecified atom stereocenters. The molecule has 0 saturated carbocycles. The van der Waals surface area contributed by atoms with Crippen molar-refractivity contribution in [1.29, 1.82) is 0 Å². The van der Waals surface area contributed by atoms with Crippen molar-refractivity contribution in [3.05, 3.63) is 131 Å². The maximum absolute atomic E-state index is 3.49. The molecular formula is C40H24S. The van der Waals surface area contributed by atoms with Crippen LogP contribution in [0.2, 0.25) is 0 Å². The fraction of sp³-hybridized carbons (Fsp3) is 0.0500. The molecule has 0 aliphatic heterocycles. The van der Waals surface area contributed by atoms with Crippen LogP contribution in [0.25, 0.3) is 76.1 Å². The Balaban J connectivity index is 1.45. The van der Waals surface area contributed by atoms with E-state index in [2.05, 4.69) is 133 Å². The second-order valence-corrected chi connectivity index (χ2v) is 12.0. The Labute approximate surface area is 242 Å². The van der Waals surface area contributed by atoms with E-state index in [9.17, 15) is 0 Å². The number of rotatable bonds is 2. The highest BCUT2D eigenvalue weighted by Crippen LogP contribution is 2.49. The summed E-state index contributed by atoms with van der Waals surface area (Å²) in [5.74, 6) is 6.83. The second kappa shape index (κ2) is 8.80. The van der Waals surface area contributed by atoms with Crippen molar-refractivity contribution in [2.24, 2.45) is 0 Å². The van der Waals surface area contributed by atoms with Crippen LogP contribution in [0.1, 0.15) is 28.7 Å². The molecule has 7 aromatic rings. The minimum absolute atomic E-state index is 0.801. The van der Waals surface area contributed by atoms with E-state index in [0.717, 1.165) is 12.8 Å². The minimum Gasteiger partial charge on any atom is -0.135 e. The molecule has 190 valence electrons. The third-order valence-corrected chi connectivity index (χ3v) is 9.85. The van der Waals surface area contributed by atoms with E-state index >= 15 is 0 Å². The largest absolute Gasteiger partial charge is 0.135 e. The molecule has 0 nitrogen and oxygen atoms in total. The molecule has 0 amide bonds. The summed E-state index contributed by atoms with van der Waals surface area (Å²) in [6.07, 6.45) is 10.8. The number of fused-ring (bicyclic) bond motifs is 8. The van der Waals surface area contributed by atoms with Gasteiger partial charge in [0.2, 0.25) is 0 Å². The van der Waals surface area contributed by atoms with Crippen molar-refractivity contribution in [3.8, 4) is 34.1 Å². The van der Waals surface area contributed by atoms with E-state index in [4.69, 9.17) is 0 Å². The van der Waals surface area contributed by atoms with E-state index < -0.39 is 0 Å². The lowest BCUT2D eigenvalue weighted by Gasteiger charge is -2.21. The van der Waals surface area contributed by atoms with Crippen LogP contribution in [0.5, 0.6) is 0 Å². The summed E-state index contributed by atoms with van der Waals surface area (Å²) in [6, 6.07) is 36.1. The molecule has 9 rings (SSSR count). The van der Waals surface area contributed by atoms with Crippen molar-refractivity contribution in [3.63, 3.8) is 0 Å². The van der Waals surface area contributed by atoms with E-state index in [0.29, 0.717) is 0 Å². The summed E-state index contributed by atoms with van der Waals surface area (Å²) in [7, 11) is 0. The number of hydrogen-bond donors (Lipinski definition) is 0. The monoisotopic (exact) mass is 536 g/mol. The van der Waals surface area contributed by atoms with Crippen LogP contribution in [0.15, 0.2) is 109 Å². The van der Waals surface area contributed by atoms with Crippen molar-refractivity contribution < 1.29 is 0 Å². The second-order valence-electron chi connectivity index (χ2n) is 10.9. The molecule has 0 bridgehead atoms. The first kappa shape index (κ1) is 22.9.